The zero-order valence-electron chi connectivity index (χ0n) is 14.2. The Balaban J connectivity index is 1.98. The van der Waals surface area contributed by atoms with Gasteiger partial charge in [-0.3, -0.25) is 18.5 Å². The lowest BCUT2D eigenvalue weighted by Gasteiger charge is -2.21. The SMILES string of the molecule is Cc1ccc(S(=O)(=O)O[C@@H]2[C@H](O)[C@@H](CO)O[C@H]2n2ccc(=O)[nH]c2=O)cc1. The number of benzene rings is 1. The van der Waals surface area contributed by atoms with E-state index in [0.29, 0.717) is 0 Å². The van der Waals surface area contributed by atoms with Crippen LogP contribution < -0.4 is 11.2 Å². The molecule has 0 radical (unpaired) electrons. The third kappa shape index (κ3) is 3.87. The summed E-state index contributed by atoms with van der Waals surface area (Å²) in [6.45, 7) is 1.16. The average Bonchev–Trinajstić information content (AvgIpc) is 2.91. The molecule has 11 heteroatoms. The van der Waals surface area contributed by atoms with E-state index in [9.17, 15) is 28.2 Å². The highest BCUT2D eigenvalue weighted by atomic mass is 32.2. The van der Waals surface area contributed by atoms with Gasteiger partial charge in [-0.05, 0) is 19.1 Å². The van der Waals surface area contributed by atoms with E-state index in [0.717, 1.165) is 22.4 Å². The Bertz CT molecular complexity index is 1030. The van der Waals surface area contributed by atoms with Crippen LogP contribution in [0.5, 0.6) is 0 Å². The first-order chi connectivity index (χ1) is 12.7. The summed E-state index contributed by atoms with van der Waals surface area (Å²) in [4.78, 5) is 25.1. The van der Waals surface area contributed by atoms with E-state index in [2.05, 4.69) is 0 Å². The van der Waals surface area contributed by atoms with Crippen molar-refractivity contribution in [2.45, 2.75) is 36.4 Å². The molecule has 0 bridgehead atoms. The molecule has 0 aliphatic carbocycles. The van der Waals surface area contributed by atoms with Crippen LogP contribution in [0.2, 0.25) is 0 Å². The molecule has 1 fully saturated rings. The van der Waals surface area contributed by atoms with Crippen LogP contribution in [-0.4, -0.2) is 53.1 Å². The van der Waals surface area contributed by atoms with Crippen molar-refractivity contribution >= 4 is 10.1 Å². The zero-order valence-corrected chi connectivity index (χ0v) is 15.0. The van der Waals surface area contributed by atoms with Crippen molar-refractivity contribution in [1.82, 2.24) is 9.55 Å². The van der Waals surface area contributed by atoms with E-state index in [1.54, 1.807) is 19.1 Å². The summed E-state index contributed by atoms with van der Waals surface area (Å²) >= 11 is 0. The highest BCUT2D eigenvalue weighted by Crippen LogP contribution is 2.33. The van der Waals surface area contributed by atoms with Crippen molar-refractivity contribution < 1.29 is 27.6 Å². The molecule has 0 spiro atoms. The van der Waals surface area contributed by atoms with E-state index < -0.39 is 52.5 Å². The number of ether oxygens (including phenoxy) is 1. The van der Waals surface area contributed by atoms with E-state index >= 15 is 0 Å². The molecule has 1 aliphatic heterocycles. The summed E-state index contributed by atoms with van der Waals surface area (Å²) in [7, 11) is -4.30. The second-order valence-corrected chi connectivity index (χ2v) is 7.66. The molecule has 10 nitrogen and oxygen atoms in total. The van der Waals surface area contributed by atoms with Crippen LogP contribution >= 0.6 is 0 Å². The first-order valence-electron chi connectivity index (χ1n) is 7.99. The molecule has 1 aromatic heterocycles. The highest BCUT2D eigenvalue weighted by Gasteiger charge is 2.48. The summed E-state index contributed by atoms with van der Waals surface area (Å²) in [5.74, 6) is 0. The fourth-order valence-corrected chi connectivity index (χ4v) is 3.81. The van der Waals surface area contributed by atoms with Gasteiger partial charge in [-0.25, -0.2) is 4.79 Å². The van der Waals surface area contributed by atoms with Crippen LogP contribution in [0.3, 0.4) is 0 Å². The van der Waals surface area contributed by atoms with Gasteiger partial charge in [-0.2, -0.15) is 8.42 Å². The molecular weight excluding hydrogens is 380 g/mol. The second kappa shape index (κ2) is 7.37. The molecule has 27 heavy (non-hydrogen) atoms. The van der Waals surface area contributed by atoms with Crippen LogP contribution in [-0.2, 0) is 19.0 Å². The smallest absolute Gasteiger partial charge is 0.330 e. The van der Waals surface area contributed by atoms with E-state index in [4.69, 9.17) is 8.92 Å². The van der Waals surface area contributed by atoms with E-state index in [1.807, 2.05) is 4.98 Å². The maximum absolute atomic E-state index is 12.6. The summed E-state index contributed by atoms with van der Waals surface area (Å²) in [6.07, 6.45) is -4.50. The molecule has 0 unspecified atom stereocenters. The van der Waals surface area contributed by atoms with Crippen LogP contribution in [0.25, 0.3) is 0 Å². The van der Waals surface area contributed by atoms with Crippen molar-refractivity contribution in [2.75, 3.05) is 6.61 Å². The van der Waals surface area contributed by atoms with Crippen LogP contribution in [0.15, 0.2) is 51.0 Å². The third-order valence-corrected chi connectivity index (χ3v) is 5.49. The van der Waals surface area contributed by atoms with Gasteiger partial charge in [0.15, 0.2) is 12.3 Å². The minimum Gasteiger partial charge on any atom is -0.394 e. The molecule has 146 valence electrons. The molecule has 2 aromatic rings. The first-order valence-corrected chi connectivity index (χ1v) is 9.39. The van der Waals surface area contributed by atoms with E-state index in [1.165, 1.54) is 12.1 Å². The summed E-state index contributed by atoms with van der Waals surface area (Å²) in [6, 6.07) is 6.89. The number of nitrogens with zero attached hydrogens (tertiary/aromatic N) is 1. The standard InChI is InChI=1S/C16H18N2O8S/c1-9-2-4-10(5-3-9)27(23,24)26-14-13(21)11(8-19)25-15(14)18-7-6-12(20)17-16(18)22/h2-7,11,13-15,19,21H,8H2,1H3,(H,17,20,22)/t11-,13-,14-,15-/m1/s1. The minimum absolute atomic E-state index is 0.139. The number of hydrogen-bond acceptors (Lipinski definition) is 8. The molecule has 1 aromatic carbocycles. The number of aliphatic hydroxyl groups excluding tert-OH is 2. The lowest BCUT2D eigenvalue weighted by molar-refractivity contribution is -0.0519. The number of aryl methyl sites for hydroxylation is 1. The van der Waals surface area contributed by atoms with Gasteiger partial charge in [-0.15, -0.1) is 0 Å². The molecule has 0 amide bonds. The Hall–Kier alpha value is -2.31. The van der Waals surface area contributed by atoms with Gasteiger partial charge in [0.1, 0.15) is 12.2 Å². The minimum atomic E-state index is -4.30. The molecule has 1 aliphatic rings. The molecule has 3 N–H and O–H groups in total. The fourth-order valence-electron chi connectivity index (χ4n) is 2.73. The van der Waals surface area contributed by atoms with Gasteiger partial charge in [0.05, 0.1) is 11.5 Å². The number of nitrogens with one attached hydrogen (secondary N) is 1. The normalized spacial score (nSPS) is 25.6. The van der Waals surface area contributed by atoms with Crippen LogP contribution in [0, 0.1) is 6.92 Å². The number of aromatic nitrogens is 2. The second-order valence-electron chi connectivity index (χ2n) is 6.08. The van der Waals surface area contributed by atoms with Crippen molar-refractivity contribution in [3.63, 3.8) is 0 Å². The lowest BCUT2D eigenvalue weighted by atomic mass is 10.1. The third-order valence-electron chi connectivity index (χ3n) is 4.17. The predicted octanol–water partition coefficient (Wildman–Crippen LogP) is -1.13. The van der Waals surface area contributed by atoms with E-state index in [-0.39, 0.29) is 4.90 Å². The lowest BCUT2D eigenvalue weighted by Crippen LogP contribution is -2.40. The number of hydrogen-bond donors (Lipinski definition) is 3. The maximum Gasteiger partial charge on any atom is 0.330 e. The first kappa shape index (κ1) is 19.5. The number of H-pyrrole nitrogens is 1. The predicted molar refractivity (Wildman–Crippen MR) is 91.6 cm³/mol. The molecule has 1 saturated heterocycles. The molecule has 0 saturated carbocycles. The Morgan fingerprint density at radius 3 is 2.48 bits per heavy atom. The molecular formula is C16H18N2O8S. The highest BCUT2D eigenvalue weighted by molar-refractivity contribution is 7.86. The maximum atomic E-state index is 12.6. The van der Waals surface area contributed by atoms with Gasteiger partial charge in [0.2, 0.25) is 0 Å². The van der Waals surface area contributed by atoms with Gasteiger partial charge in [0, 0.05) is 12.3 Å². The molecule has 3 rings (SSSR count). The monoisotopic (exact) mass is 398 g/mol. The average molecular weight is 398 g/mol. The van der Waals surface area contributed by atoms with Crippen molar-refractivity contribution in [3.05, 3.63) is 62.9 Å². The van der Waals surface area contributed by atoms with Gasteiger partial charge < -0.3 is 14.9 Å². The van der Waals surface area contributed by atoms with Crippen LogP contribution in [0.4, 0.5) is 0 Å². The topological polar surface area (TPSA) is 148 Å². The number of aromatic amines is 1. The van der Waals surface area contributed by atoms with Crippen molar-refractivity contribution in [1.29, 1.82) is 0 Å². The summed E-state index contributed by atoms with van der Waals surface area (Å²) in [5.41, 5.74) is -0.686. The van der Waals surface area contributed by atoms with Crippen LogP contribution in [0.1, 0.15) is 11.8 Å². The largest absolute Gasteiger partial charge is 0.394 e. The summed E-state index contributed by atoms with van der Waals surface area (Å²) < 4.78 is 36.6. The Labute approximate surface area is 153 Å². The van der Waals surface area contributed by atoms with Crippen molar-refractivity contribution in [2.24, 2.45) is 0 Å². The molecule has 2 heterocycles. The molecule has 4 atom stereocenters. The zero-order chi connectivity index (χ0) is 19.8. The van der Waals surface area contributed by atoms with Crippen molar-refractivity contribution in [3.8, 4) is 0 Å². The fraction of sp³-hybridized carbons (Fsp3) is 0.375. The number of rotatable bonds is 5. The Morgan fingerprint density at radius 1 is 1.22 bits per heavy atom. The van der Waals surface area contributed by atoms with Gasteiger partial charge >= 0.3 is 5.69 Å². The summed E-state index contributed by atoms with van der Waals surface area (Å²) in [5, 5.41) is 19.7. The quantitative estimate of drug-likeness (QED) is 0.536. The van der Waals surface area contributed by atoms with Gasteiger partial charge in [-0.1, -0.05) is 17.7 Å². The van der Waals surface area contributed by atoms with Gasteiger partial charge in [0.25, 0.3) is 15.7 Å². The Morgan fingerprint density at radius 2 is 1.89 bits per heavy atom. The number of aliphatic hydroxyl groups is 2. The Kier molecular flexibility index (Phi) is 5.31.